The Morgan fingerprint density at radius 2 is 1.50 bits per heavy atom. The summed E-state index contributed by atoms with van der Waals surface area (Å²) in [5.41, 5.74) is 2.30. The maximum Gasteiger partial charge on any atom is 0.262 e. The van der Waals surface area contributed by atoms with E-state index in [4.69, 9.17) is 0 Å². The summed E-state index contributed by atoms with van der Waals surface area (Å²) in [5, 5.41) is 2.91. The van der Waals surface area contributed by atoms with E-state index in [1.54, 1.807) is 43.3 Å². The smallest absolute Gasteiger partial charge is 0.262 e. The molecule has 0 fully saturated rings. The zero-order valence-corrected chi connectivity index (χ0v) is 16.5. The van der Waals surface area contributed by atoms with E-state index in [0.717, 1.165) is 5.56 Å². The summed E-state index contributed by atoms with van der Waals surface area (Å²) in [6.07, 6.45) is 0. The van der Waals surface area contributed by atoms with Gasteiger partial charge in [0.15, 0.2) is 0 Å². The van der Waals surface area contributed by atoms with Crippen LogP contribution >= 0.6 is 0 Å². The predicted octanol–water partition coefficient (Wildman–Crippen LogP) is 4.29. The summed E-state index contributed by atoms with van der Waals surface area (Å²) in [5.74, 6) is -0.326. The Hall–Kier alpha value is -3.12. The molecule has 0 radical (unpaired) electrons. The van der Waals surface area contributed by atoms with Crippen molar-refractivity contribution >= 4 is 21.6 Å². The van der Waals surface area contributed by atoms with Crippen LogP contribution in [0.3, 0.4) is 0 Å². The van der Waals surface area contributed by atoms with Gasteiger partial charge in [0, 0.05) is 11.3 Å². The second-order valence-electron chi connectivity index (χ2n) is 6.56. The van der Waals surface area contributed by atoms with E-state index in [9.17, 15) is 13.2 Å². The molecular weight excluding hydrogens is 372 g/mol. The Labute approximate surface area is 165 Å². The van der Waals surface area contributed by atoms with E-state index >= 15 is 0 Å². The molecule has 0 aliphatic carbocycles. The Balaban J connectivity index is 1.83. The number of amides is 1. The third kappa shape index (κ3) is 4.58. The van der Waals surface area contributed by atoms with Crippen LogP contribution in [0.15, 0.2) is 83.8 Å². The number of hydrogen-bond acceptors (Lipinski definition) is 3. The van der Waals surface area contributed by atoms with Crippen molar-refractivity contribution in [3.8, 4) is 0 Å². The van der Waals surface area contributed by atoms with Crippen molar-refractivity contribution in [1.82, 2.24) is 5.32 Å². The van der Waals surface area contributed by atoms with Crippen LogP contribution in [0.25, 0.3) is 0 Å². The fourth-order valence-corrected chi connectivity index (χ4v) is 4.18. The molecule has 3 rings (SSSR count). The Bertz CT molecular complexity index is 1070. The Morgan fingerprint density at radius 3 is 2.14 bits per heavy atom. The van der Waals surface area contributed by atoms with Crippen molar-refractivity contribution in [3.05, 3.63) is 95.6 Å². The lowest BCUT2D eigenvalue weighted by molar-refractivity contribution is 0.0939. The number of hydrogen-bond donors (Lipinski definition) is 2. The number of rotatable bonds is 6. The van der Waals surface area contributed by atoms with Crippen molar-refractivity contribution in [3.63, 3.8) is 0 Å². The number of sulfonamides is 1. The van der Waals surface area contributed by atoms with Gasteiger partial charge in [0.1, 0.15) is 0 Å². The standard InChI is InChI=1S/C22H22N2O3S/c1-16-13-14-19(22(25)23-17(2)18-9-5-3-6-10-18)15-21(16)28(26,27)24-20-11-7-4-8-12-20/h3-15,17,24H,1-2H3,(H,23,25)/t17-/m0/s1. The zero-order chi connectivity index (χ0) is 20.1. The number of aryl methyl sites for hydroxylation is 1. The van der Waals surface area contributed by atoms with E-state index in [1.165, 1.54) is 6.07 Å². The monoisotopic (exact) mass is 394 g/mol. The van der Waals surface area contributed by atoms with Gasteiger partial charge in [-0.3, -0.25) is 9.52 Å². The maximum absolute atomic E-state index is 12.8. The van der Waals surface area contributed by atoms with E-state index < -0.39 is 10.0 Å². The van der Waals surface area contributed by atoms with Crippen molar-refractivity contribution in [2.45, 2.75) is 24.8 Å². The number of carbonyl (C=O) groups excluding carboxylic acids is 1. The zero-order valence-electron chi connectivity index (χ0n) is 15.7. The largest absolute Gasteiger partial charge is 0.346 e. The molecule has 144 valence electrons. The molecule has 1 atom stereocenters. The van der Waals surface area contributed by atoms with Crippen LogP contribution in [0.1, 0.15) is 34.5 Å². The third-order valence-corrected chi connectivity index (χ3v) is 5.94. The molecule has 3 aromatic rings. The first-order valence-electron chi connectivity index (χ1n) is 8.91. The van der Waals surface area contributed by atoms with Crippen LogP contribution in [-0.2, 0) is 10.0 Å². The summed E-state index contributed by atoms with van der Waals surface area (Å²) in [7, 11) is -3.81. The van der Waals surface area contributed by atoms with E-state index in [-0.39, 0.29) is 16.8 Å². The Morgan fingerprint density at radius 1 is 0.893 bits per heavy atom. The van der Waals surface area contributed by atoms with Gasteiger partial charge in [0.2, 0.25) is 0 Å². The molecule has 2 N–H and O–H groups in total. The molecule has 0 aromatic heterocycles. The number of nitrogens with one attached hydrogen (secondary N) is 2. The van der Waals surface area contributed by atoms with Crippen LogP contribution in [0, 0.1) is 6.92 Å². The second kappa shape index (κ2) is 8.27. The van der Waals surface area contributed by atoms with Crippen LogP contribution in [0.2, 0.25) is 0 Å². The average molecular weight is 394 g/mol. The fraction of sp³-hybridized carbons (Fsp3) is 0.136. The summed E-state index contributed by atoms with van der Waals surface area (Å²) < 4.78 is 28.1. The number of anilines is 1. The normalized spacial score (nSPS) is 12.2. The van der Waals surface area contributed by atoms with Crippen molar-refractivity contribution in [2.75, 3.05) is 4.72 Å². The van der Waals surface area contributed by atoms with Gasteiger partial charge in [0.05, 0.1) is 10.9 Å². The van der Waals surface area contributed by atoms with Crippen LogP contribution in [-0.4, -0.2) is 14.3 Å². The molecule has 0 heterocycles. The number of benzene rings is 3. The molecule has 0 saturated carbocycles. The number of carbonyl (C=O) groups is 1. The molecule has 6 heteroatoms. The highest BCUT2D eigenvalue weighted by atomic mass is 32.2. The first-order chi connectivity index (χ1) is 13.4. The quantitative estimate of drug-likeness (QED) is 0.655. The van der Waals surface area contributed by atoms with Crippen LogP contribution in [0.5, 0.6) is 0 Å². The highest BCUT2D eigenvalue weighted by Crippen LogP contribution is 2.21. The molecule has 0 unspecified atom stereocenters. The Kier molecular flexibility index (Phi) is 5.80. The fourth-order valence-electron chi connectivity index (χ4n) is 2.85. The van der Waals surface area contributed by atoms with Gasteiger partial charge in [-0.25, -0.2) is 8.42 Å². The van der Waals surface area contributed by atoms with Gasteiger partial charge in [-0.2, -0.15) is 0 Å². The highest BCUT2D eigenvalue weighted by Gasteiger charge is 2.20. The predicted molar refractivity (Wildman–Crippen MR) is 111 cm³/mol. The second-order valence-corrected chi connectivity index (χ2v) is 8.21. The molecule has 1 amide bonds. The minimum absolute atomic E-state index is 0.0800. The molecule has 0 spiro atoms. The first-order valence-corrected chi connectivity index (χ1v) is 10.4. The summed E-state index contributed by atoms with van der Waals surface area (Å²) in [4.78, 5) is 12.7. The lowest BCUT2D eigenvalue weighted by atomic mass is 10.1. The van der Waals surface area contributed by atoms with E-state index in [1.807, 2.05) is 43.3 Å². The third-order valence-electron chi connectivity index (χ3n) is 4.41. The van der Waals surface area contributed by atoms with Gasteiger partial charge in [-0.15, -0.1) is 0 Å². The van der Waals surface area contributed by atoms with Gasteiger partial charge >= 0.3 is 0 Å². The van der Waals surface area contributed by atoms with Crippen molar-refractivity contribution < 1.29 is 13.2 Å². The highest BCUT2D eigenvalue weighted by molar-refractivity contribution is 7.92. The van der Waals surface area contributed by atoms with Gasteiger partial charge < -0.3 is 5.32 Å². The molecule has 3 aromatic carbocycles. The van der Waals surface area contributed by atoms with Crippen molar-refractivity contribution in [2.24, 2.45) is 0 Å². The number of para-hydroxylation sites is 1. The molecule has 0 saturated heterocycles. The lowest BCUT2D eigenvalue weighted by Crippen LogP contribution is -2.27. The van der Waals surface area contributed by atoms with Crippen LogP contribution < -0.4 is 10.0 Å². The summed E-state index contributed by atoms with van der Waals surface area (Å²) in [6, 6.07) is 22.7. The molecule has 0 bridgehead atoms. The summed E-state index contributed by atoms with van der Waals surface area (Å²) in [6.45, 7) is 3.59. The minimum Gasteiger partial charge on any atom is -0.346 e. The average Bonchev–Trinajstić information content (AvgIpc) is 2.69. The molecule has 5 nitrogen and oxygen atoms in total. The summed E-state index contributed by atoms with van der Waals surface area (Å²) >= 11 is 0. The van der Waals surface area contributed by atoms with Crippen LogP contribution in [0.4, 0.5) is 5.69 Å². The topological polar surface area (TPSA) is 75.3 Å². The minimum atomic E-state index is -3.81. The lowest BCUT2D eigenvalue weighted by Gasteiger charge is -2.16. The molecule has 0 aliphatic heterocycles. The van der Waals surface area contributed by atoms with Crippen molar-refractivity contribution in [1.29, 1.82) is 0 Å². The maximum atomic E-state index is 12.8. The molecule has 0 aliphatic rings. The van der Waals surface area contributed by atoms with Gasteiger partial charge in [-0.05, 0) is 49.2 Å². The first kappa shape index (κ1) is 19.6. The van der Waals surface area contributed by atoms with Gasteiger partial charge in [0.25, 0.3) is 15.9 Å². The molecule has 28 heavy (non-hydrogen) atoms. The van der Waals surface area contributed by atoms with Gasteiger partial charge in [-0.1, -0.05) is 54.6 Å². The SMILES string of the molecule is Cc1ccc(C(=O)N[C@@H](C)c2ccccc2)cc1S(=O)(=O)Nc1ccccc1. The van der Waals surface area contributed by atoms with E-state index in [2.05, 4.69) is 10.0 Å². The molecular formula is C22H22N2O3S. The van der Waals surface area contributed by atoms with E-state index in [0.29, 0.717) is 16.8 Å².